The molecular formula is C18H23N3O. The molecule has 2 aliphatic rings. The second-order valence-corrected chi connectivity index (χ2v) is 6.75. The zero-order chi connectivity index (χ0) is 14.9. The monoisotopic (exact) mass is 297 g/mol. The molecule has 0 amide bonds. The van der Waals surface area contributed by atoms with Crippen LogP contribution in [-0.2, 0) is 0 Å². The van der Waals surface area contributed by atoms with Crippen LogP contribution in [0.3, 0.4) is 0 Å². The first kappa shape index (κ1) is 13.8. The molecule has 4 nitrogen and oxygen atoms in total. The third-order valence-electron chi connectivity index (χ3n) is 5.09. The SMILES string of the molecule is Cc1cccc(C2CCCN(c3nnc(C4CCC4)o3)C2)c1. The highest BCUT2D eigenvalue weighted by molar-refractivity contribution is 5.32. The van der Waals surface area contributed by atoms with Gasteiger partial charge in [-0.3, -0.25) is 0 Å². The van der Waals surface area contributed by atoms with Crippen molar-refractivity contribution in [2.24, 2.45) is 0 Å². The Bertz CT molecular complexity index is 647. The molecule has 22 heavy (non-hydrogen) atoms. The first-order valence-corrected chi connectivity index (χ1v) is 8.44. The highest BCUT2D eigenvalue weighted by Crippen LogP contribution is 2.37. The van der Waals surface area contributed by atoms with E-state index in [2.05, 4.69) is 46.3 Å². The predicted octanol–water partition coefficient (Wildman–Crippen LogP) is 4.03. The molecule has 4 heteroatoms. The molecule has 1 saturated carbocycles. The lowest BCUT2D eigenvalue weighted by Crippen LogP contribution is -2.34. The van der Waals surface area contributed by atoms with Crippen molar-refractivity contribution in [2.45, 2.75) is 50.9 Å². The van der Waals surface area contributed by atoms with Crippen molar-refractivity contribution in [1.29, 1.82) is 0 Å². The van der Waals surface area contributed by atoms with E-state index < -0.39 is 0 Å². The van der Waals surface area contributed by atoms with Crippen molar-refractivity contribution in [3.05, 3.63) is 41.3 Å². The van der Waals surface area contributed by atoms with Crippen LogP contribution in [0.15, 0.2) is 28.7 Å². The summed E-state index contributed by atoms with van der Waals surface area (Å²) in [6.07, 6.45) is 6.12. The van der Waals surface area contributed by atoms with Crippen LogP contribution < -0.4 is 4.90 Å². The normalized spacial score (nSPS) is 22.6. The van der Waals surface area contributed by atoms with E-state index in [0.717, 1.165) is 25.0 Å². The van der Waals surface area contributed by atoms with E-state index in [1.807, 2.05) is 0 Å². The zero-order valence-corrected chi connectivity index (χ0v) is 13.2. The van der Waals surface area contributed by atoms with Crippen LogP contribution in [0, 0.1) is 6.92 Å². The smallest absolute Gasteiger partial charge is 0.318 e. The lowest BCUT2D eigenvalue weighted by molar-refractivity contribution is 0.332. The molecule has 2 heterocycles. The Balaban J connectivity index is 1.49. The fraction of sp³-hybridized carbons (Fsp3) is 0.556. The number of benzene rings is 1. The number of anilines is 1. The predicted molar refractivity (Wildman–Crippen MR) is 86.3 cm³/mol. The minimum atomic E-state index is 0.513. The third kappa shape index (κ3) is 2.62. The van der Waals surface area contributed by atoms with Crippen LogP contribution in [0.5, 0.6) is 0 Å². The first-order valence-electron chi connectivity index (χ1n) is 8.44. The van der Waals surface area contributed by atoms with Crippen molar-refractivity contribution >= 4 is 6.01 Å². The van der Waals surface area contributed by atoms with Crippen molar-refractivity contribution in [3.63, 3.8) is 0 Å². The molecule has 0 spiro atoms. The number of nitrogens with zero attached hydrogens (tertiary/aromatic N) is 3. The molecule has 1 unspecified atom stereocenters. The zero-order valence-electron chi connectivity index (χ0n) is 13.2. The van der Waals surface area contributed by atoms with Gasteiger partial charge < -0.3 is 9.32 Å². The van der Waals surface area contributed by atoms with Crippen LogP contribution in [-0.4, -0.2) is 23.3 Å². The van der Waals surface area contributed by atoms with Crippen LogP contribution in [0.2, 0.25) is 0 Å². The lowest BCUT2D eigenvalue weighted by Gasteiger charge is -2.31. The molecule has 1 aromatic heterocycles. The van der Waals surface area contributed by atoms with Gasteiger partial charge in [0, 0.05) is 24.9 Å². The molecule has 1 atom stereocenters. The molecule has 116 valence electrons. The summed E-state index contributed by atoms with van der Waals surface area (Å²) in [6.45, 7) is 4.16. The van der Waals surface area contributed by atoms with Gasteiger partial charge >= 0.3 is 6.01 Å². The second kappa shape index (κ2) is 5.75. The average Bonchev–Trinajstić information content (AvgIpc) is 2.95. The number of aryl methyl sites for hydroxylation is 1. The van der Waals surface area contributed by atoms with Crippen LogP contribution in [0.25, 0.3) is 0 Å². The summed E-state index contributed by atoms with van der Waals surface area (Å²) in [7, 11) is 0. The molecule has 0 N–H and O–H groups in total. The molecule has 4 rings (SSSR count). The van der Waals surface area contributed by atoms with Gasteiger partial charge in [0.15, 0.2) is 0 Å². The van der Waals surface area contributed by atoms with Crippen molar-refractivity contribution in [3.8, 4) is 0 Å². The summed E-state index contributed by atoms with van der Waals surface area (Å²) >= 11 is 0. The van der Waals surface area contributed by atoms with Gasteiger partial charge in [-0.2, -0.15) is 0 Å². The van der Waals surface area contributed by atoms with E-state index in [9.17, 15) is 0 Å². The van der Waals surface area contributed by atoms with Gasteiger partial charge in [0.2, 0.25) is 5.89 Å². The summed E-state index contributed by atoms with van der Waals surface area (Å²) < 4.78 is 5.94. The Morgan fingerprint density at radius 1 is 1.09 bits per heavy atom. The van der Waals surface area contributed by atoms with Gasteiger partial charge in [0.05, 0.1) is 0 Å². The lowest BCUT2D eigenvalue weighted by atomic mass is 9.85. The summed E-state index contributed by atoms with van der Waals surface area (Å²) in [5.41, 5.74) is 2.77. The second-order valence-electron chi connectivity index (χ2n) is 6.75. The quantitative estimate of drug-likeness (QED) is 0.858. The summed E-state index contributed by atoms with van der Waals surface area (Å²) in [5, 5.41) is 8.56. The number of piperidine rings is 1. The van der Waals surface area contributed by atoms with Gasteiger partial charge in [0.1, 0.15) is 0 Å². The van der Waals surface area contributed by atoms with Gasteiger partial charge in [-0.25, -0.2) is 0 Å². The molecule has 0 bridgehead atoms. The molecule has 2 fully saturated rings. The van der Waals surface area contributed by atoms with E-state index in [1.165, 1.54) is 43.2 Å². The van der Waals surface area contributed by atoms with Crippen LogP contribution in [0.1, 0.15) is 61.0 Å². The van der Waals surface area contributed by atoms with Crippen molar-refractivity contribution in [2.75, 3.05) is 18.0 Å². The topological polar surface area (TPSA) is 42.2 Å². The minimum absolute atomic E-state index is 0.513. The average molecular weight is 297 g/mol. The maximum absolute atomic E-state index is 5.94. The third-order valence-corrected chi connectivity index (χ3v) is 5.09. The van der Waals surface area contributed by atoms with E-state index in [0.29, 0.717) is 11.8 Å². The Kier molecular flexibility index (Phi) is 3.60. The van der Waals surface area contributed by atoms with Crippen molar-refractivity contribution in [1.82, 2.24) is 10.2 Å². The van der Waals surface area contributed by atoms with Gasteiger partial charge in [-0.15, -0.1) is 5.10 Å². The van der Waals surface area contributed by atoms with Gasteiger partial charge in [0.25, 0.3) is 0 Å². The highest BCUT2D eigenvalue weighted by Gasteiger charge is 2.28. The van der Waals surface area contributed by atoms with E-state index in [-0.39, 0.29) is 0 Å². The maximum Gasteiger partial charge on any atom is 0.318 e. The number of hydrogen-bond donors (Lipinski definition) is 0. The number of aromatic nitrogens is 2. The summed E-state index contributed by atoms with van der Waals surface area (Å²) in [4.78, 5) is 2.27. The fourth-order valence-corrected chi connectivity index (χ4v) is 3.52. The molecule has 1 saturated heterocycles. The van der Waals surface area contributed by atoms with E-state index in [4.69, 9.17) is 4.42 Å². The van der Waals surface area contributed by atoms with Crippen LogP contribution in [0.4, 0.5) is 6.01 Å². The molecule has 2 aromatic rings. The number of rotatable bonds is 3. The van der Waals surface area contributed by atoms with E-state index >= 15 is 0 Å². The largest absolute Gasteiger partial charge is 0.408 e. The first-order chi connectivity index (χ1) is 10.8. The molecular weight excluding hydrogens is 274 g/mol. The Morgan fingerprint density at radius 2 is 1.95 bits per heavy atom. The standard InChI is InChI=1S/C18H23N3O/c1-13-5-2-8-15(11-13)16-9-4-10-21(12-16)18-20-19-17(22-18)14-6-3-7-14/h2,5,8,11,14,16H,3-4,6-7,9-10,12H2,1H3. The Labute approximate surface area is 131 Å². The highest BCUT2D eigenvalue weighted by atomic mass is 16.4. The minimum Gasteiger partial charge on any atom is -0.408 e. The molecule has 0 radical (unpaired) electrons. The maximum atomic E-state index is 5.94. The summed E-state index contributed by atoms with van der Waals surface area (Å²) in [5.74, 6) is 1.92. The summed E-state index contributed by atoms with van der Waals surface area (Å²) in [6, 6.07) is 9.59. The van der Waals surface area contributed by atoms with Crippen molar-refractivity contribution < 1.29 is 4.42 Å². The molecule has 1 aliphatic carbocycles. The number of hydrogen-bond acceptors (Lipinski definition) is 4. The molecule has 1 aromatic carbocycles. The Hall–Kier alpha value is -1.84. The van der Waals surface area contributed by atoms with E-state index in [1.54, 1.807) is 0 Å². The molecule has 1 aliphatic heterocycles. The van der Waals surface area contributed by atoms with Crippen LogP contribution >= 0.6 is 0 Å². The van der Waals surface area contributed by atoms with Gasteiger partial charge in [-0.1, -0.05) is 41.3 Å². The fourth-order valence-electron chi connectivity index (χ4n) is 3.52. The van der Waals surface area contributed by atoms with Gasteiger partial charge in [-0.05, 0) is 38.2 Å². The Morgan fingerprint density at radius 3 is 2.73 bits per heavy atom.